The van der Waals surface area contributed by atoms with Crippen molar-refractivity contribution in [2.75, 3.05) is 0 Å². The number of amidine groups is 1. The Morgan fingerprint density at radius 1 is 1.11 bits per heavy atom. The van der Waals surface area contributed by atoms with E-state index in [0.717, 1.165) is 22.6 Å². The molecule has 2 aromatic carbocycles. The minimum absolute atomic E-state index is 0.261. The normalized spacial score (nSPS) is 14.7. The predicted molar refractivity (Wildman–Crippen MR) is 107 cm³/mol. The lowest BCUT2D eigenvalue weighted by atomic mass is 10.2. The van der Waals surface area contributed by atoms with Crippen LogP contribution in [0.25, 0.3) is 0 Å². The lowest BCUT2D eigenvalue weighted by Gasteiger charge is -2.08. The second-order valence-electron chi connectivity index (χ2n) is 6.22. The van der Waals surface area contributed by atoms with Crippen LogP contribution in [0, 0.1) is 0 Å². The molecule has 0 atom stereocenters. The van der Waals surface area contributed by atoms with E-state index in [-0.39, 0.29) is 11.7 Å². The summed E-state index contributed by atoms with van der Waals surface area (Å²) < 4.78 is 7.39. The van der Waals surface area contributed by atoms with Gasteiger partial charge in [-0.05, 0) is 54.2 Å². The summed E-state index contributed by atoms with van der Waals surface area (Å²) in [5, 5.41) is 7.66. The molecule has 7 heteroatoms. The van der Waals surface area contributed by atoms with Crippen molar-refractivity contribution in [3.63, 3.8) is 0 Å². The van der Waals surface area contributed by atoms with Crippen LogP contribution in [-0.2, 0) is 17.9 Å². The quantitative estimate of drug-likeness (QED) is 0.472. The van der Waals surface area contributed by atoms with E-state index in [4.69, 9.17) is 16.3 Å². The molecule has 0 fully saturated rings. The van der Waals surface area contributed by atoms with Crippen LogP contribution >= 0.6 is 11.6 Å². The molecular formula is C20H20ClN4O2+. The van der Waals surface area contributed by atoms with Gasteiger partial charge in [0.1, 0.15) is 18.9 Å². The second-order valence-corrected chi connectivity index (χ2v) is 6.66. The van der Waals surface area contributed by atoms with Gasteiger partial charge in [-0.3, -0.25) is 10.1 Å². The van der Waals surface area contributed by atoms with Crippen LogP contribution in [-0.4, -0.2) is 28.5 Å². The van der Waals surface area contributed by atoms with E-state index in [0.29, 0.717) is 18.2 Å². The highest BCUT2D eigenvalue weighted by Gasteiger charge is 2.28. The van der Waals surface area contributed by atoms with Gasteiger partial charge in [0.15, 0.2) is 0 Å². The summed E-state index contributed by atoms with van der Waals surface area (Å²) in [6, 6.07) is 15.2. The number of halogens is 1. The number of carbonyl (C=O) groups excluding carboxylic acids is 1. The molecule has 0 bridgehead atoms. The van der Waals surface area contributed by atoms with E-state index in [1.54, 1.807) is 4.68 Å². The SMILES string of the molecule is CC(C)=N[N+](Cc1ccc(OCc2ccc(Cl)cc2)cc1)=C1N=CNC1=O. The molecule has 0 unspecified atom stereocenters. The van der Waals surface area contributed by atoms with Gasteiger partial charge in [-0.15, -0.1) is 4.68 Å². The van der Waals surface area contributed by atoms with E-state index in [1.165, 1.54) is 6.34 Å². The average Bonchev–Trinajstić information content (AvgIpc) is 3.07. The van der Waals surface area contributed by atoms with E-state index < -0.39 is 0 Å². The van der Waals surface area contributed by atoms with Gasteiger partial charge < -0.3 is 4.74 Å². The molecule has 6 nitrogen and oxygen atoms in total. The van der Waals surface area contributed by atoms with Crippen LogP contribution in [0.2, 0.25) is 5.02 Å². The number of carbonyl (C=O) groups is 1. The van der Waals surface area contributed by atoms with Crippen LogP contribution in [0.1, 0.15) is 25.0 Å². The largest absolute Gasteiger partial charge is 0.489 e. The van der Waals surface area contributed by atoms with Crippen molar-refractivity contribution in [1.29, 1.82) is 0 Å². The zero-order chi connectivity index (χ0) is 19.2. The van der Waals surface area contributed by atoms with E-state index in [2.05, 4.69) is 15.4 Å². The van der Waals surface area contributed by atoms with Crippen LogP contribution in [0.3, 0.4) is 0 Å². The Kier molecular flexibility index (Phi) is 5.98. The van der Waals surface area contributed by atoms with Crippen molar-refractivity contribution in [1.82, 2.24) is 5.32 Å². The monoisotopic (exact) mass is 383 g/mol. The van der Waals surface area contributed by atoms with Crippen LogP contribution < -0.4 is 10.1 Å². The highest BCUT2D eigenvalue weighted by molar-refractivity contribution is 6.42. The van der Waals surface area contributed by atoms with Crippen LogP contribution in [0.15, 0.2) is 58.6 Å². The fourth-order valence-corrected chi connectivity index (χ4v) is 2.60. The summed E-state index contributed by atoms with van der Waals surface area (Å²) in [6.45, 7) is 4.65. The number of hydrogen-bond acceptors (Lipinski definition) is 3. The molecule has 0 radical (unpaired) electrons. The smallest absolute Gasteiger partial charge is 0.411 e. The van der Waals surface area contributed by atoms with Gasteiger partial charge in [0.2, 0.25) is 6.34 Å². The number of aliphatic imine (C=N–C) groups is 1. The summed E-state index contributed by atoms with van der Waals surface area (Å²) in [5.74, 6) is 0.780. The third kappa shape index (κ3) is 5.24. The molecule has 1 N–H and O–H groups in total. The van der Waals surface area contributed by atoms with Gasteiger partial charge in [0.05, 0.1) is 5.71 Å². The molecule has 0 saturated heterocycles. The summed E-state index contributed by atoms with van der Waals surface area (Å²) in [7, 11) is 0. The topological polar surface area (TPSA) is 66.1 Å². The first-order valence-corrected chi connectivity index (χ1v) is 8.85. The third-order valence-corrected chi connectivity index (χ3v) is 3.98. The Hall–Kier alpha value is -2.99. The number of nitrogens with zero attached hydrogens (tertiary/aromatic N) is 3. The minimum atomic E-state index is -0.261. The number of ether oxygens (including phenoxy) is 1. The first-order chi connectivity index (χ1) is 13.0. The Balaban J connectivity index is 1.69. The molecule has 138 valence electrons. The maximum Gasteiger partial charge on any atom is 0.411 e. The zero-order valence-corrected chi connectivity index (χ0v) is 15.9. The van der Waals surface area contributed by atoms with Crippen LogP contribution in [0.4, 0.5) is 0 Å². The standard InChI is InChI=1S/C20H19ClN4O2/c1-14(2)24-25(19-20(26)23-13-22-19)11-15-5-9-18(10-6-15)27-12-16-3-7-17(21)8-4-16/h3-10,13H,11-12H2,1-2H3/p+1. The minimum Gasteiger partial charge on any atom is -0.489 e. The molecule has 27 heavy (non-hydrogen) atoms. The molecule has 0 aliphatic carbocycles. The Morgan fingerprint density at radius 2 is 1.78 bits per heavy atom. The van der Waals surface area contributed by atoms with Gasteiger partial charge in [-0.1, -0.05) is 41.0 Å². The Bertz CT molecular complexity index is 912. The fraction of sp³-hybridized carbons (Fsp3) is 0.200. The first-order valence-electron chi connectivity index (χ1n) is 8.47. The molecule has 0 spiro atoms. The first kappa shape index (κ1) is 18.8. The predicted octanol–water partition coefficient (Wildman–Crippen LogP) is 3.38. The highest BCUT2D eigenvalue weighted by Crippen LogP contribution is 2.16. The molecule has 0 aromatic heterocycles. The number of rotatable bonds is 6. The maximum absolute atomic E-state index is 11.9. The van der Waals surface area contributed by atoms with Crippen molar-refractivity contribution in [3.8, 4) is 5.75 Å². The summed E-state index contributed by atoms with van der Waals surface area (Å²) in [4.78, 5) is 15.9. The van der Waals surface area contributed by atoms with Crippen molar-refractivity contribution in [3.05, 3.63) is 64.7 Å². The van der Waals surface area contributed by atoms with Crippen molar-refractivity contribution < 1.29 is 14.2 Å². The number of hydrazone groups is 1. The average molecular weight is 384 g/mol. The Morgan fingerprint density at radius 3 is 2.37 bits per heavy atom. The van der Waals surface area contributed by atoms with Crippen LogP contribution in [0.5, 0.6) is 5.75 Å². The Labute approximate surface area is 162 Å². The number of benzene rings is 2. The van der Waals surface area contributed by atoms with E-state index in [9.17, 15) is 4.79 Å². The number of amides is 1. The number of hydrogen-bond donors (Lipinski definition) is 1. The van der Waals surface area contributed by atoms with Gasteiger partial charge in [0, 0.05) is 5.02 Å². The fourth-order valence-electron chi connectivity index (χ4n) is 2.47. The number of nitrogens with one attached hydrogen (secondary N) is 1. The molecular weight excluding hydrogens is 364 g/mol. The van der Waals surface area contributed by atoms with E-state index in [1.807, 2.05) is 62.4 Å². The highest BCUT2D eigenvalue weighted by atomic mass is 35.5. The molecule has 0 saturated carbocycles. The molecule has 1 amide bonds. The van der Waals surface area contributed by atoms with Gasteiger partial charge in [0.25, 0.3) is 0 Å². The molecule has 1 heterocycles. The summed E-state index contributed by atoms with van der Waals surface area (Å²) in [5.41, 5.74) is 2.87. The summed E-state index contributed by atoms with van der Waals surface area (Å²) >= 11 is 5.89. The second kappa shape index (κ2) is 8.60. The molecule has 1 aliphatic rings. The van der Waals surface area contributed by atoms with Gasteiger partial charge in [-0.25, -0.2) is 0 Å². The van der Waals surface area contributed by atoms with Gasteiger partial charge in [-0.2, -0.15) is 0 Å². The van der Waals surface area contributed by atoms with Gasteiger partial charge >= 0.3 is 11.7 Å². The maximum atomic E-state index is 11.9. The van der Waals surface area contributed by atoms with Crippen molar-refractivity contribution in [2.45, 2.75) is 27.0 Å². The third-order valence-electron chi connectivity index (χ3n) is 3.73. The lowest BCUT2D eigenvalue weighted by molar-refractivity contribution is -0.549. The van der Waals surface area contributed by atoms with Crippen molar-refractivity contribution >= 4 is 35.4 Å². The molecule has 2 aromatic rings. The zero-order valence-electron chi connectivity index (χ0n) is 15.1. The van der Waals surface area contributed by atoms with E-state index >= 15 is 0 Å². The molecule has 3 rings (SSSR count). The summed E-state index contributed by atoms with van der Waals surface area (Å²) in [6.07, 6.45) is 1.37. The lowest BCUT2D eigenvalue weighted by Crippen LogP contribution is -2.27. The van der Waals surface area contributed by atoms with Crippen molar-refractivity contribution in [2.24, 2.45) is 10.1 Å². The molecule has 1 aliphatic heterocycles.